The maximum atomic E-state index is 14.2. The molecule has 8 nitrogen and oxygen atoms in total. The highest BCUT2D eigenvalue weighted by molar-refractivity contribution is 9.10. The minimum Gasteiger partial charge on any atom is -0.493 e. The minimum atomic E-state index is -0.816. The second-order valence-electron chi connectivity index (χ2n) is 10.4. The molecule has 0 saturated heterocycles. The SMILES string of the molecule is CCOC(=O)C1=C(C)N=c2s/c(=C\c3cc(C)n(-c4cc(C)c(Br)c(C)c4)c3C)c(=O)n2[C@H]1c1cccc(OC)c1OC. The molecule has 5 rings (SSSR count). The molecule has 10 heteroatoms. The topological polar surface area (TPSA) is 84.1 Å². The zero-order valence-corrected chi connectivity index (χ0v) is 27.9. The number of halogens is 1. The summed E-state index contributed by atoms with van der Waals surface area (Å²) in [4.78, 5) is 32.7. The molecule has 0 aliphatic carbocycles. The van der Waals surface area contributed by atoms with Crippen LogP contribution in [-0.2, 0) is 9.53 Å². The molecule has 2 aromatic heterocycles. The molecule has 0 spiro atoms. The molecule has 4 aromatic rings. The molecule has 3 heterocycles. The lowest BCUT2D eigenvalue weighted by molar-refractivity contribution is -0.139. The van der Waals surface area contributed by atoms with Crippen molar-refractivity contribution in [2.45, 2.75) is 47.6 Å². The molecule has 0 radical (unpaired) electrons. The van der Waals surface area contributed by atoms with Crippen molar-refractivity contribution in [1.29, 1.82) is 0 Å². The van der Waals surface area contributed by atoms with Crippen LogP contribution in [0.15, 0.2) is 61.9 Å². The number of hydrogen-bond donors (Lipinski definition) is 0. The fourth-order valence-electron chi connectivity index (χ4n) is 5.74. The first kappa shape index (κ1) is 30.6. The van der Waals surface area contributed by atoms with Gasteiger partial charge in [-0.1, -0.05) is 39.4 Å². The van der Waals surface area contributed by atoms with Crippen LogP contribution in [0.4, 0.5) is 0 Å². The summed E-state index contributed by atoms with van der Waals surface area (Å²) in [5, 5.41) is 0. The number of nitrogens with zero attached hydrogens (tertiary/aromatic N) is 3. The average Bonchev–Trinajstić information content (AvgIpc) is 3.43. The Morgan fingerprint density at radius 1 is 1.07 bits per heavy atom. The minimum absolute atomic E-state index is 0.190. The monoisotopic (exact) mass is 663 g/mol. The van der Waals surface area contributed by atoms with Crippen LogP contribution in [0, 0.1) is 27.7 Å². The van der Waals surface area contributed by atoms with Crippen LogP contribution in [0.25, 0.3) is 11.8 Å². The van der Waals surface area contributed by atoms with E-state index in [-0.39, 0.29) is 17.7 Å². The fraction of sp³-hybridized carbons (Fsp3) is 0.303. The number of esters is 1. The smallest absolute Gasteiger partial charge is 0.338 e. The third kappa shape index (κ3) is 5.27. The number of aryl methyl sites for hydroxylation is 3. The van der Waals surface area contributed by atoms with Gasteiger partial charge in [-0.05, 0) is 88.6 Å². The van der Waals surface area contributed by atoms with E-state index in [1.807, 2.05) is 18.2 Å². The Morgan fingerprint density at radius 3 is 2.40 bits per heavy atom. The van der Waals surface area contributed by atoms with Crippen molar-refractivity contribution in [3.8, 4) is 17.2 Å². The van der Waals surface area contributed by atoms with Crippen LogP contribution in [0.1, 0.15) is 53.5 Å². The van der Waals surface area contributed by atoms with Gasteiger partial charge < -0.3 is 18.8 Å². The number of hydrogen-bond acceptors (Lipinski definition) is 7. The second kappa shape index (κ2) is 12.0. The van der Waals surface area contributed by atoms with Gasteiger partial charge in [0.1, 0.15) is 6.04 Å². The van der Waals surface area contributed by atoms with Gasteiger partial charge in [0.2, 0.25) is 0 Å². The predicted molar refractivity (Wildman–Crippen MR) is 172 cm³/mol. The van der Waals surface area contributed by atoms with E-state index in [9.17, 15) is 9.59 Å². The Balaban J connectivity index is 1.73. The van der Waals surface area contributed by atoms with Gasteiger partial charge in [0.25, 0.3) is 5.56 Å². The summed E-state index contributed by atoms with van der Waals surface area (Å²) in [6.07, 6.45) is 1.91. The standard InChI is InChI=1S/C33H34BrN3O5S/c1-9-42-32(39)27-20(5)35-33-37(29(27)24-11-10-12-25(40-7)30(24)41-8)31(38)26(43-33)16-22-15-19(4)36(21(22)6)23-13-17(2)28(34)18(3)14-23/h10-16,29H,9H2,1-8H3/b26-16-/t29-/m0/s1. The normalized spacial score (nSPS) is 14.9. The van der Waals surface area contributed by atoms with Crippen molar-refractivity contribution >= 4 is 39.3 Å². The van der Waals surface area contributed by atoms with E-state index in [0.29, 0.717) is 32.1 Å². The number of para-hydroxylation sites is 1. The zero-order valence-electron chi connectivity index (χ0n) is 25.5. The van der Waals surface area contributed by atoms with Gasteiger partial charge in [-0.25, -0.2) is 9.79 Å². The summed E-state index contributed by atoms with van der Waals surface area (Å²) >= 11 is 4.96. The predicted octanol–water partition coefficient (Wildman–Crippen LogP) is 5.60. The summed E-state index contributed by atoms with van der Waals surface area (Å²) in [6, 6.07) is 11.0. The van der Waals surface area contributed by atoms with Gasteiger partial charge in [-0.2, -0.15) is 0 Å². The molecule has 1 aliphatic rings. The first-order valence-electron chi connectivity index (χ1n) is 13.9. The number of fused-ring (bicyclic) bond motifs is 1. The van der Waals surface area contributed by atoms with E-state index < -0.39 is 12.0 Å². The van der Waals surface area contributed by atoms with Crippen LogP contribution in [-0.4, -0.2) is 35.9 Å². The Kier molecular flexibility index (Phi) is 8.54. The Hall–Kier alpha value is -3.89. The highest BCUT2D eigenvalue weighted by Gasteiger charge is 2.36. The van der Waals surface area contributed by atoms with Crippen molar-refractivity contribution in [1.82, 2.24) is 9.13 Å². The average molecular weight is 665 g/mol. The summed E-state index contributed by atoms with van der Waals surface area (Å²) in [5.74, 6) is 0.395. The molecular weight excluding hydrogens is 630 g/mol. The van der Waals surface area contributed by atoms with E-state index in [1.165, 1.54) is 18.4 Å². The molecular formula is C33H34BrN3O5S. The maximum absolute atomic E-state index is 14.2. The van der Waals surface area contributed by atoms with E-state index in [2.05, 4.69) is 66.4 Å². The summed E-state index contributed by atoms with van der Waals surface area (Å²) in [7, 11) is 3.09. The highest BCUT2D eigenvalue weighted by atomic mass is 79.9. The van der Waals surface area contributed by atoms with E-state index in [4.69, 9.17) is 19.2 Å². The summed E-state index contributed by atoms with van der Waals surface area (Å²) < 4.78 is 22.1. The number of aromatic nitrogens is 2. The van der Waals surface area contributed by atoms with Crippen molar-refractivity contribution in [3.63, 3.8) is 0 Å². The maximum Gasteiger partial charge on any atom is 0.338 e. The fourth-order valence-corrected chi connectivity index (χ4v) is 7.00. The number of carbonyl (C=O) groups excluding carboxylic acids is 1. The molecule has 1 aliphatic heterocycles. The van der Waals surface area contributed by atoms with E-state index >= 15 is 0 Å². The molecule has 0 amide bonds. The Labute approximate surface area is 262 Å². The van der Waals surface area contributed by atoms with Crippen molar-refractivity contribution in [2.24, 2.45) is 4.99 Å². The molecule has 1 atom stereocenters. The number of ether oxygens (including phenoxy) is 3. The lowest BCUT2D eigenvalue weighted by Crippen LogP contribution is -2.40. The van der Waals surface area contributed by atoms with Crippen LogP contribution < -0.4 is 24.4 Å². The zero-order chi connectivity index (χ0) is 31.2. The highest BCUT2D eigenvalue weighted by Crippen LogP contribution is 2.40. The third-order valence-electron chi connectivity index (χ3n) is 7.68. The molecule has 0 unspecified atom stereocenters. The van der Waals surface area contributed by atoms with E-state index in [1.54, 1.807) is 31.6 Å². The largest absolute Gasteiger partial charge is 0.493 e. The van der Waals surface area contributed by atoms with Crippen LogP contribution in [0.2, 0.25) is 0 Å². The molecule has 0 fully saturated rings. The quantitative estimate of drug-likeness (QED) is 0.240. The lowest BCUT2D eigenvalue weighted by atomic mass is 9.94. The van der Waals surface area contributed by atoms with Crippen LogP contribution >= 0.6 is 27.3 Å². The number of rotatable bonds is 7. The van der Waals surface area contributed by atoms with Crippen molar-refractivity contribution in [2.75, 3.05) is 20.8 Å². The van der Waals surface area contributed by atoms with Crippen LogP contribution in [0.5, 0.6) is 11.5 Å². The molecule has 224 valence electrons. The summed E-state index contributed by atoms with van der Waals surface area (Å²) in [5.41, 5.74) is 7.48. The number of methoxy groups -OCH3 is 2. The first-order chi connectivity index (χ1) is 20.5. The molecule has 2 aromatic carbocycles. The third-order valence-corrected chi connectivity index (χ3v) is 9.92. The number of allylic oxidation sites excluding steroid dienone is 1. The van der Waals surface area contributed by atoms with Crippen molar-refractivity contribution < 1.29 is 19.0 Å². The first-order valence-corrected chi connectivity index (χ1v) is 15.5. The second-order valence-corrected chi connectivity index (χ2v) is 12.2. The van der Waals surface area contributed by atoms with Gasteiger partial charge in [0.05, 0.1) is 36.6 Å². The molecule has 0 saturated carbocycles. The van der Waals surface area contributed by atoms with Gasteiger partial charge >= 0.3 is 5.97 Å². The van der Waals surface area contributed by atoms with Crippen LogP contribution in [0.3, 0.4) is 0 Å². The van der Waals surface area contributed by atoms with Gasteiger partial charge in [-0.3, -0.25) is 9.36 Å². The van der Waals surface area contributed by atoms with Crippen molar-refractivity contribution in [3.05, 3.63) is 105 Å². The Bertz CT molecular complexity index is 1960. The molecule has 0 N–H and O–H groups in total. The number of benzene rings is 2. The molecule has 43 heavy (non-hydrogen) atoms. The van der Waals surface area contributed by atoms with Gasteiger partial charge in [0, 0.05) is 27.1 Å². The van der Waals surface area contributed by atoms with Gasteiger partial charge in [0.15, 0.2) is 16.3 Å². The Morgan fingerprint density at radius 2 is 1.77 bits per heavy atom. The lowest BCUT2D eigenvalue weighted by Gasteiger charge is -2.26. The summed E-state index contributed by atoms with van der Waals surface area (Å²) in [6.45, 7) is 12.0. The number of carbonyl (C=O) groups is 1. The number of thiazole rings is 1. The van der Waals surface area contributed by atoms with E-state index in [0.717, 1.165) is 38.2 Å². The molecule has 0 bridgehead atoms. The van der Waals surface area contributed by atoms with Gasteiger partial charge in [-0.15, -0.1) is 0 Å².